The predicted molar refractivity (Wildman–Crippen MR) is 199 cm³/mol. The molecular weight excluding hydrogens is 568 g/mol. The highest BCUT2D eigenvalue weighted by Gasteiger charge is 2.35. The SMILES string of the molecule is CCCCCCCCCCCC(=O)OCCC(C)CC(CCCCCC)(CCCCCC)OC(=O)CCCCCCCCCCC. The largest absolute Gasteiger partial charge is 0.466 e. The summed E-state index contributed by atoms with van der Waals surface area (Å²) in [7, 11) is 0. The first-order valence-corrected chi connectivity index (χ1v) is 20.8. The second kappa shape index (κ2) is 33.8. The molecule has 0 bridgehead atoms. The number of hydrogen-bond acceptors (Lipinski definition) is 4. The van der Waals surface area contributed by atoms with Gasteiger partial charge in [0.15, 0.2) is 0 Å². The number of rotatable bonds is 36. The van der Waals surface area contributed by atoms with Crippen LogP contribution in [-0.4, -0.2) is 24.1 Å². The van der Waals surface area contributed by atoms with E-state index in [0.717, 1.165) is 64.2 Å². The average molecular weight is 651 g/mol. The van der Waals surface area contributed by atoms with Crippen LogP contribution in [0.1, 0.15) is 240 Å². The van der Waals surface area contributed by atoms with Crippen LogP contribution in [0.2, 0.25) is 0 Å². The van der Waals surface area contributed by atoms with Gasteiger partial charge in [0.25, 0.3) is 0 Å². The van der Waals surface area contributed by atoms with Gasteiger partial charge in [-0.3, -0.25) is 9.59 Å². The minimum absolute atomic E-state index is 0.00789. The van der Waals surface area contributed by atoms with E-state index in [2.05, 4.69) is 34.6 Å². The van der Waals surface area contributed by atoms with E-state index in [9.17, 15) is 9.59 Å². The molecule has 46 heavy (non-hydrogen) atoms. The van der Waals surface area contributed by atoms with E-state index in [1.54, 1.807) is 0 Å². The topological polar surface area (TPSA) is 52.6 Å². The van der Waals surface area contributed by atoms with Crippen LogP contribution < -0.4 is 0 Å². The lowest BCUT2D eigenvalue weighted by Gasteiger charge is -2.36. The first kappa shape index (κ1) is 44.9. The van der Waals surface area contributed by atoms with Crippen molar-refractivity contribution in [2.24, 2.45) is 5.92 Å². The fourth-order valence-electron chi connectivity index (χ4n) is 6.86. The van der Waals surface area contributed by atoms with E-state index in [-0.39, 0.29) is 17.5 Å². The zero-order valence-corrected chi connectivity index (χ0v) is 32.0. The lowest BCUT2D eigenvalue weighted by molar-refractivity contribution is -0.164. The smallest absolute Gasteiger partial charge is 0.306 e. The van der Waals surface area contributed by atoms with Crippen LogP contribution in [-0.2, 0) is 19.1 Å². The van der Waals surface area contributed by atoms with Gasteiger partial charge < -0.3 is 9.47 Å². The van der Waals surface area contributed by atoms with E-state index >= 15 is 0 Å². The van der Waals surface area contributed by atoms with Gasteiger partial charge in [0.1, 0.15) is 5.60 Å². The minimum Gasteiger partial charge on any atom is -0.466 e. The Bertz CT molecular complexity index is 648. The van der Waals surface area contributed by atoms with Crippen LogP contribution >= 0.6 is 0 Å². The molecule has 0 saturated carbocycles. The van der Waals surface area contributed by atoms with Crippen LogP contribution in [0, 0.1) is 5.92 Å². The zero-order chi connectivity index (χ0) is 34.0. The molecule has 0 aromatic carbocycles. The number of unbranched alkanes of at least 4 members (excludes halogenated alkanes) is 22. The van der Waals surface area contributed by atoms with Gasteiger partial charge in [-0.25, -0.2) is 0 Å². The maximum atomic E-state index is 13.3. The first-order valence-electron chi connectivity index (χ1n) is 20.8. The Morgan fingerprint density at radius 2 is 0.826 bits per heavy atom. The second-order valence-electron chi connectivity index (χ2n) is 14.8. The summed E-state index contributed by atoms with van der Waals surface area (Å²) in [5.41, 5.74) is -0.377. The standard InChI is InChI=1S/C42H82O4/c1-6-10-14-18-20-22-24-26-28-32-40(43)45-37-34-39(5)38-42(35-30-16-12-8-3,36-31-17-13-9-4)46-41(44)33-29-27-25-23-21-19-15-11-7-2/h39H,6-38H2,1-5H3. The minimum atomic E-state index is -0.377. The van der Waals surface area contributed by atoms with E-state index in [1.165, 1.54) is 128 Å². The Kier molecular flexibility index (Phi) is 33.0. The Morgan fingerprint density at radius 1 is 0.478 bits per heavy atom. The summed E-state index contributed by atoms with van der Waals surface area (Å²) in [5, 5.41) is 0. The van der Waals surface area contributed by atoms with Crippen LogP contribution in [0.5, 0.6) is 0 Å². The van der Waals surface area contributed by atoms with Crippen molar-refractivity contribution in [3.05, 3.63) is 0 Å². The monoisotopic (exact) mass is 651 g/mol. The number of ether oxygens (including phenoxy) is 2. The molecule has 0 aliphatic carbocycles. The molecule has 0 fully saturated rings. The van der Waals surface area contributed by atoms with E-state index in [4.69, 9.17) is 9.47 Å². The highest BCUT2D eigenvalue weighted by molar-refractivity contribution is 5.70. The van der Waals surface area contributed by atoms with Crippen molar-refractivity contribution >= 4 is 11.9 Å². The Hall–Kier alpha value is -1.06. The fraction of sp³-hybridized carbons (Fsp3) is 0.952. The van der Waals surface area contributed by atoms with Crippen LogP contribution in [0.15, 0.2) is 0 Å². The second-order valence-corrected chi connectivity index (χ2v) is 14.8. The van der Waals surface area contributed by atoms with Crippen molar-refractivity contribution in [3.63, 3.8) is 0 Å². The molecule has 0 amide bonds. The number of esters is 2. The molecule has 0 saturated heterocycles. The first-order chi connectivity index (χ1) is 22.4. The van der Waals surface area contributed by atoms with Crippen LogP contribution in [0.4, 0.5) is 0 Å². The highest BCUT2D eigenvalue weighted by Crippen LogP contribution is 2.35. The molecule has 1 atom stereocenters. The molecule has 274 valence electrons. The summed E-state index contributed by atoms with van der Waals surface area (Å²) in [5.74, 6) is 0.305. The van der Waals surface area contributed by atoms with Crippen LogP contribution in [0.3, 0.4) is 0 Å². The third-order valence-electron chi connectivity index (χ3n) is 9.87. The zero-order valence-electron chi connectivity index (χ0n) is 32.0. The summed E-state index contributed by atoms with van der Waals surface area (Å²) >= 11 is 0. The summed E-state index contributed by atoms with van der Waals surface area (Å²) in [6.07, 6.45) is 36.9. The van der Waals surface area contributed by atoms with Crippen molar-refractivity contribution in [3.8, 4) is 0 Å². The normalized spacial score (nSPS) is 12.4. The number of hydrogen-bond donors (Lipinski definition) is 0. The van der Waals surface area contributed by atoms with Gasteiger partial charge >= 0.3 is 11.9 Å². The molecule has 0 aliphatic rings. The average Bonchev–Trinajstić information content (AvgIpc) is 3.03. The summed E-state index contributed by atoms with van der Waals surface area (Å²) < 4.78 is 12.2. The maximum absolute atomic E-state index is 13.3. The van der Waals surface area contributed by atoms with Crippen molar-refractivity contribution in [2.45, 2.75) is 246 Å². The summed E-state index contributed by atoms with van der Waals surface area (Å²) in [4.78, 5) is 25.7. The van der Waals surface area contributed by atoms with E-state index in [0.29, 0.717) is 25.4 Å². The van der Waals surface area contributed by atoms with Crippen molar-refractivity contribution in [1.29, 1.82) is 0 Å². The van der Waals surface area contributed by atoms with Crippen LogP contribution in [0.25, 0.3) is 0 Å². The van der Waals surface area contributed by atoms with Gasteiger partial charge in [0.2, 0.25) is 0 Å². The van der Waals surface area contributed by atoms with Crippen molar-refractivity contribution in [1.82, 2.24) is 0 Å². The molecule has 0 radical (unpaired) electrons. The van der Waals surface area contributed by atoms with Gasteiger partial charge in [-0.2, -0.15) is 0 Å². The van der Waals surface area contributed by atoms with Gasteiger partial charge in [-0.1, -0.05) is 176 Å². The molecule has 0 aromatic heterocycles. The Balaban J connectivity index is 4.80. The lowest BCUT2D eigenvalue weighted by atomic mass is 9.81. The molecule has 0 spiro atoms. The van der Waals surface area contributed by atoms with Gasteiger partial charge in [0.05, 0.1) is 6.61 Å². The number of carbonyl (C=O) groups is 2. The van der Waals surface area contributed by atoms with Gasteiger partial charge in [-0.15, -0.1) is 0 Å². The molecular formula is C42H82O4. The molecule has 4 nitrogen and oxygen atoms in total. The van der Waals surface area contributed by atoms with Crippen molar-refractivity contribution < 1.29 is 19.1 Å². The quantitative estimate of drug-likeness (QED) is 0.0500. The molecule has 0 rings (SSSR count). The predicted octanol–water partition coefficient (Wildman–Crippen LogP) is 14.0. The molecule has 0 heterocycles. The molecule has 0 N–H and O–H groups in total. The third-order valence-corrected chi connectivity index (χ3v) is 9.87. The Labute approximate surface area is 288 Å². The lowest BCUT2D eigenvalue weighted by Crippen LogP contribution is -2.37. The molecule has 1 unspecified atom stereocenters. The molecule has 4 heteroatoms. The van der Waals surface area contributed by atoms with Gasteiger partial charge in [0, 0.05) is 12.8 Å². The highest BCUT2D eigenvalue weighted by atomic mass is 16.6. The Morgan fingerprint density at radius 3 is 1.24 bits per heavy atom. The van der Waals surface area contributed by atoms with Gasteiger partial charge in [-0.05, 0) is 57.3 Å². The van der Waals surface area contributed by atoms with E-state index in [1.807, 2.05) is 0 Å². The molecule has 0 aliphatic heterocycles. The maximum Gasteiger partial charge on any atom is 0.306 e. The van der Waals surface area contributed by atoms with E-state index < -0.39 is 0 Å². The number of carbonyl (C=O) groups excluding carboxylic acids is 2. The fourth-order valence-corrected chi connectivity index (χ4v) is 6.86. The summed E-state index contributed by atoms with van der Waals surface area (Å²) in [6, 6.07) is 0. The molecule has 0 aromatic rings. The summed E-state index contributed by atoms with van der Waals surface area (Å²) in [6.45, 7) is 11.8. The third kappa shape index (κ3) is 29.1. The van der Waals surface area contributed by atoms with Crippen molar-refractivity contribution in [2.75, 3.05) is 6.61 Å².